The molecule has 38 heavy (non-hydrogen) atoms. The van der Waals surface area contributed by atoms with Crippen molar-refractivity contribution in [1.29, 1.82) is 5.41 Å². The van der Waals surface area contributed by atoms with E-state index in [4.69, 9.17) is 15.4 Å². The minimum absolute atomic E-state index is 0.207. The number of H-pyrrole nitrogens is 1. The van der Waals surface area contributed by atoms with Crippen LogP contribution in [0.1, 0.15) is 35.6 Å². The lowest BCUT2D eigenvalue weighted by Crippen LogP contribution is -2.49. The molecule has 3 aromatic heterocycles. The number of aromatic nitrogens is 5. The molecule has 1 saturated heterocycles. The van der Waals surface area contributed by atoms with Gasteiger partial charge < -0.3 is 14.8 Å². The number of benzene rings is 1. The molecule has 0 bridgehead atoms. The lowest BCUT2D eigenvalue weighted by atomic mass is 9.89. The lowest BCUT2D eigenvalue weighted by molar-refractivity contribution is 0.383. The fourth-order valence-corrected chi connectivity index (χ4v) is 5.25. The van der Waals surface area contributed by atoms with Gasteiger partial charge in [-0.3, -0.25) is 10.1 Å². The Bertz CT molecular complexity index is 1430. The zero-order valence-electron chi connectivity index (χ0n) is 21.3. The van der Waals surface area contributed by atoms with Crippen LogP contribution in [0.15, 0.2) is 66.3 Å². The molecule has 194 valence electrons. The van der Waals surface area contributed by atoms with Crippen LogP contribution in [0.4, 0.5) is 10.3 Å². The fraction of sp³-hybridized carbons (Fsp3) is 0.321. The average molecular weight is 512 g/mol. The van der Waals surface area contributed by atoms with Gasteiger partial charge in [0.1, 0.15) is 12.2 Å². The number of rotatable bonds is 7. The smallest absolute Gasteiger partial charge is 0.225 e. The van der Waals surface area contributed by atoms with Crippen molar-refractivity contribution in [3.8, 4) is 11.1 Å². The van der Waals surface area contributed by atoms with Gasteiger partial charge in [0, 0.05) is 75.1 Å². The van der Waals surface area contributed by atoms with Gasteiger partial charge in [-0.1, -0.05) is 12.1 Å². The highest BCUT2D eigenvalue weighted by atomic mass is 19.1. The molecule has 1 atom stereocenters. The van der Waals surface area contributed by atoms with Crippen LogP contribution in [-0.2, 0) is 7.05 Å². The molecular formula is C28H30FN9. The average Bonchev–Trinajstić information content (AvgIpc) is 3.48. The van der Waals surface area contributed by atoms with Crippen molar-refractivity contribution in [2.24, 2.45) is 18.0 Å². The van der Waals surface area contributed by atoms with Gasteiger partial charge >= 0.3 is 0 Å². The Hall–Kier alpha value is -4.34. The van der Waals surface area contributed by atoms with Crippen molar-refractivity contribution in [2.75, 3.05) is 31.1 Å². The molecule has 0 spiro atoms. The number of amidine groups is 1. The molecule has 4 aromatic rings. The van der Waals surface area contributed by atoms with Gasteiger partial charge in [0.15, 0.2) is 5.84 Å². The van der Waals surface area contributed by atoms with E-state index < -0.39 is 0 Å². The SMILES string of the molecule is Cn1cc(-c2c[nH]c(C(=NC=N)N3CCN(c4ncc([C@H](c5ccc(F)cc5)C5CC5)cn4)CC3)c2)cn1. The molecule has 2 aliphatic rings. The van der Waals surface area contributed by atoms with Gasteiger partial charge in [-0.15, -0.1) is 0 Å². The first-order valence-corrected chi connectivity index (χ1v) is 12.9. The monoisotopic (exact) mass is 511 g/mol. The number of halogens is 1. The Kier molecular flexibility index (Phi) is 6.45. The molecule has 4 heterocycles. The summed E-state index contributed by atoms with van der Waals surface area (Å²) >= 11 is 0. The lowest BCUT2D eigenvalue weighted by Gasteiger charge is -2.36. The fourth-order valence-electron chi connectivity index (χ4n) is 5.25. The Morgan fingerprint density at radius 2 is 1.79 bits per heavy atom. The van der Waals surface area contributed by atoms with Crippen LogP contribution in [0, 0.1) is 17.1 Å². The summed E-state index contributed by atoms with van der Waals surface area (Å²) in [5, 5.41) is 11.8. The zero-order valence-corrected chi connectivity index (χ0v) is 21.3. The van der Waals surface area contributed by atoms with E-state index in [9.17, 15) is 4.39 Å². The highest BCUT2D eigenvalue weighted by Crippen LogP contribution is 2.46. The Labute approximate surface area is 220 Å². The number of hydrogen-bond donors (Lipinski definition) is 2. The first kappa shape index (κ1) is 24.0. The highest BCUT2D eigenvalue weighted by Gasteiger charge is 2.34. The summed E-state index contributed by atoms with van der Waals surface area (Å²) in [4.78, 5) is 21.5. The molecule has 1 aliphatic heterocycles. The quantitative estimate of drug-likeness (QED) is 0.288. The maximum Gasteiger partial charge on any atom is 0.225 e. The first-order valence-electron chi connectivity index (χ1n) is 12.9. The Morgan fingerprint density at radius 3 is 2.42 bits per heavy atom. The van der Waals surface area contributed by atoms with Crippen LogP contribution in [0.2, 0.25) is 0 Å². The number of piperazine rings is 1. The van der Waals surface area contributed by atoms with E-state index in [-0.39, 0.29) is 11.7 Å². The number of anilines is 1. The predicted octanol–water partition coefficient (Wildman–Crippen LogP) is 4.06. The third kappa shape index (κ3) is 4.93. The van der Waals surface area contributed by atoms with Crippen molar-refractivity contribution < 1.29 is 4.39 Å². The maximum absolute atomic E-state index is 13.5. The van der Waals surface area contributed by atoms with E-state index in [1.165, 1.54) is 25.0 Å². The topological polar surface area (TPSA) is 102 Å². The van der Waals surface area contributed by atoms with Gasteiger partial charge in [0.25, 0.3) is 0 Å². The Balaban J connectivity index is 1.13. The largest absolute Gasteiger partial charge is 0.358 e. The van der Waals surface area contributed by atoms with Crippen molar-refractivity contribution >= 4 is 18.1 Å². The summed E-state index contributed by atoms with van der Waals surface area (Å²) in [6.45, 7) is 2.96. The number of aromatic amines is 1. The number of nitrogens with zero attached hydrogens (tertiary/aromatic N) is 7. The van der Waals surface area contributed by atoms with Crippen LogP contribution in [0.3, 0.4) is 0 Å². The van der Waals surface area contributed by atoms with Crippen LogP contribution < -0.4 is 4.90 Å². The molecule has 2 fully saturated rings. The summed E-state index contributed by atoms with van der Waals surface area (Å²) in [7, 11) is 1.90. The van der Waals surface area contributed by atoms with Gasteiger partial charge in [0.05, 0.1) is 11.9 Å². The molecular weight excluding hydrogens is 481 g/mol. The summed E-state index contributed by atoms with van der Waals surface area (Å²) in [5.74, 6) is 2.02. The minimum Gasteiger partial charge on any atom is -0.358 e. The normalized spacial score (nSPS) is 17.1. The third-order valence-corrected chi connectivity index (χ3v) is 7.35. The van der Waals surface area contributed by atoms with Crippen LogP contribution in [-0.4, -0.2) is 68.0 Å². The van der Waals surface area contributed by atoms with Crippen LogP contribution in [0.5, 0.6) is 0 Å². The summed E-state index contributed by atoms with van der Waals surface area (Å²) in [5.41, 5.74) is 5.13. The number of aliphatic imine (C=N–C) groups is 1. The van der Waals surface area contributed by atoms with Crippen LogP contribution >= 0.6 is 0 Å². The summed E-state index contributed by atoms with van der Waals surface area (Å²) < 4.78 is 15.2. The molecule has 9 nitrogen and oxygen atoms in total. The second-order valence-corrected chi connectivity index (χ2v) is 9.94. The Morgan fingerprint density at radius 1 is 1.05 bits per heavy atom. The van der Waals surface area contributed by atoms with Gasteiger partial charge in [-0.05, 0) is 48.1 Å². The van der Waals surface area contributed by atoms with Gasteiger partial charge in [0.2, 0.25) is 5.95 Å². The van der Waals surface area contributed by atoms with E-state index >= 15 is 0 Å². The maximum atomic E-state index is 13.5. The third-order valence-electron chi connectivity index (χ3n) is 7.35. The molecule has 1 aliphatic carbocycles. The molecule has 0 unspecified atom stereocenters. The van der Waals surface area contributed by atoms with Crippen molar-refractivity contribution in [3.05, 3.63) is 84.0 Å². The van der Waals surface area contributed by atoms with E-state index in [1.807, 2.05) is 56.2 Å². The molecule has 1 saturated carbocycles. The minimum atomic E-state index is -0.215. The summed E-state index contributed by atoms with van der Waals surface area (Å²) in [6.07, 6.45) is 13.0. The van der Waals surface area contributed by atoms with E-state index in [2.05, 4.69) is 24.9 Å². The molecule has 0 amide bonds. The standard InChI is InChI=1S/C28H30FN9/c1-36-17-23(16-35-36)21-12-25(31-13-21)27(34-18-30)37-8-10-38(11-9-37)28-32-14-22(15-33-28)26(19-2-3-19)20-4-6-24(29)7-5-20/h4-7,12-19,26,30-31H,2-3,8-11H2,1H3/t26-/m0/s1. The van der Waals surface area contributed by atoms with Crippen molar-refractivity contribution in [3.63, 3.8) is 0 Å². The van der Waals surface area contributed by atoms with E-state index in [1.54, 1.807) is 4.68 Å². The second kappa shape index (κ2) is 10.2. The molecule has 6 rings (SSSR count). The second-order valence-electron chi connectivity index (χ2n) is 9.94. The summed E-state index contributed by atoms with van der Waals surface area (Å²) in [6, 6.07) is 8.86. The molecule has 10 heteroatoms. The van der Waals surface area contributed by atoms with Gasteiger partial charge in [-0.25, -0.2) is 19.4 Å². The highest BCUT2D eigenvalue weighted by molar-refractivity contribution is 6.01. The predicted molar refractivity (Wildman–Crippen MR) is 145 cm³/mol. The number of aryl methyl sites for hydroxylation is 1. The molecule has 0 radical (unpaired) electrons. The van der Waals surface area contributed by atoms with Crippen molar-refractivity contribution in [1.82, 2.24) is 29.6 Å². The van der Waals surface area contributed by atoms with E-state index in [0.717, 1.165) is 66.3 Å². The molecule has 1 aromatic carbocycles. The van der Waals surface area contributed by atoms with Crippen LogP contribution in [0.25, 0.3) is 11.1 Å². The van der Waals surface area contributed by atoms with E-state index in [0.29, 0.717) is 11.9 Å². The number of nitrogens with one attached hydrogen (secondary N) is 2. The first-order chi connectivity index (χ1) is 18.6. The van der Waals surface area contributed by atoms with Gasteiger partial charge in [-0.2, -0.15) is 5.10 Å². The number of hydrogen-bond acceptors (Lipinski definition) is 5. The zero-order chi connectivity index (χ0) is 26.1. The molecule has 2 N–H and O–H groups in total. The van der Waals surface area contributed by atoms with Crippen molar-refractivity contribution in [2.45, 2.75) is 18.8 Å².